The maximum atomic E-state index is 10.1. The van der Waals surface area contributed by atoms with Crippen LogP contribution in [0.5, 0.6) is 0 Å². The van der Waals surface area contributed by atoms with Crippen molar-refractivity contribution in [3.63, 3.8) is 0 Å². The van der Waals surface area contributed by atoms with Gasteiger partial charge < -0.3 is 10.5 Å². The molecule has 55 valence electrons. The number of rotatable bonds is 1. The predicted molar refractivity (Wildman–Crippen MR) is 33.4 cm³/mol. The van der Waals surface area contributed by atoms with Crippen molar-refractivity contribution in [2.24, 2.45) is 5.41 Å². The standard InChI is InChI=1S/C6H13NO.Re/c1-6(2,3)4-5(7)8;/h4H2,1-3H3,(H2,7,8);/p-1. The Balaban J connectivity index is 0. The van der Waals surface area contributed by atoms with Crippen LogP contribution < -0.4 is 0 Å². The van der Waals surface area contributed by atoms with E-state index in [9.17, 15) is 4.79 Å². The molecule has 0 aromatic carbocycles. The third kappa shape index (κ3) is 11.6. The van der Waals surface area contributed by atoms with Gasteiger partial charge in [-0.15, -0.1) is 0 Å². The molecule has 0 aliphatic rings. The molecule has 0 saturated carbocycles. The van der Waals surface area contributed by atoms with Gasteiger partial charge in [0.2, 0.25) is 0 Å². The van der Waals surface area contributed by atoms with Crippen molar-refractivity contribution in [1.29, 1.82) is 0 Å². The quantitative estimate of drug-likeness (QED) is 0.730. The van der Waals surface area contributed by atoms with Gasteiger partial charge in [-0.05, 0) is 11.8 Å². The first-order chi connectivity index (χ1) is 3.42. The van der Waals surface area contributed by atoms with Crippen molar-refractivity contribution in [2.75, 3.05) is 0 Å². The second-order valence-corrected chi connectivity index (χ2v) is 3.16. The summed E-state index contributed by atoms with van der Waals surface area (Å²) >= 11 is 0. The fourth-order valence-corrected chi connectivity index (χ4v) is 0.482. The van der Waals surface area contributed by atoms with E-state index in [0.29, 0.717) is 6.42 Å². The molecule has 0 heterocycles. The predicted octanol–water partition coefficient (Wildman–Crippen LogP) is 2.00. The summed E-state index contributed by atoms with van der Waals surface area (Å²) in [5.74, 6) is -0.475. The van der Waals surface area contributed by atoms with Crippen LogP contribution >= 0.6 is 0 Å². The summed E-state index contributed by atoms with van der Waals surface area (Å²) in [6.45, 7) is 5.83. The largest absolute Gasteiger partial charge is 0.668 e. The molecule has 0 bridgehead atoms. The second-order valence-electron chi connectivity index (χ2n) is 3.16. The first kappa shape index (κ1) is 11.9. The van der Waals surface area contributed by atoms with E-state index in [1.165, 1.54) is 0 Å². The topological polar surface area (TPSA) is 40.9 Å². The zero-order chi connectivity index (χ0) is 6.78. The van der Waals surface area contributed by atoms with Crippen molar-refractivity contribution >= 4 is 5.91 Å². The zero-order valence-electron chi connectivity index (χ0n) is 5.99. The average Bonchev–Trinajstić information content (AvgIpc) is 1.21. The Morgan fingerprint density at radius 2 is 1.78 bits per heavy atom. The van der Waals surface area contributed by atoms with Gasteiger partial charge >= 0.3 is 0 Å². The second kappa shape index (κ2) is 4.03. The summed E-state index contributed by atoms with van der Waals surface area (Å²) in [6, 6.07) is 0. The summed E-state index contributed by atoms with van der Waals surface area (Å²) in [5, 5.41) is 0. The van der Waals surface area contributed by atoms with E-state index >= 15 is 0 Å². The van der Waals surface area contributed by atoms with Gasteiger partial charge in [0.15, 0.2) is 0 Å². The van der Waals surface area contributed by atoms with Crippen LogP contribution in [-0.4, -0.2) is 5.91 Å². The molecule has 0 spiro atoms. The monoisotopic (exact) mass is 301 g/mol. The summed E-state index contributed by atoms with van der Waals surface area (Å²) in [4.78, 5) is 10.1. The third-order valence-corrected chi connectivity index (χ3v) is 0.691. The summed E-state index contributed by atoms with van der Waals surface area (Å²) in [6.07, 6.45) is 0.354. The molecule has 0 rings (SSSR count). The van der Waals surface area contributed by atoms with E-state index in [2.05, 4.69) is 0 Å². The molecule has 0 atom stereocenters. The Hall–Kier alpha value is 0.132. The average molecular weight is 300 g/mol. The van der Waals surface area contributed by atoms with Crippen LogP contribution in [0.1, 0.15) is 27.2 Å². The normalized spacial score (nSPS) is 10.1. The molecule has 1 radical (unpaired) electrons. The Labute approximate surface area is 69.8 Å². The fraction of sp³-hybridized carbons (Fsp3) is 0.833. The van der Waals surface area contributed by atoms with Crippen molar-refractivity contribution in [3.8, 4) is 0 Å². The van der Waals surface area contributed by atoms with Crippen LogP contribution in [0.25, 0.3) is 5.73 Å². The van der Waals surface area contributed by atoms with Crippen LogP contribution in [0.3, 0.4) is 0 Å². The van der Waals surface area contributed by atoms with Gasteiger partial charge in [-0.3, -0.25) is 0 Å². The maximum absolute atomic E-state index is 10.1. The maximum Gasteiger partial charge on any atom is 0.0492 e. The van der Waals surface area contributed by atoms with Crippen molar-refractivity contribution in [2.45, 2.75) is 27.2 Å². The molecule has 0 saturated heterocycles. The van der Waals surface area contributed by atoms with Gasteiger partial charge in [0.1, 0.15) is 0 Å². The van der Waals surface area contributed by atoms with Gasteiger partial charge in [0.05, 0.1) is 0 Å². The van der Waals surface area contributed by atoms with Crippen LogP contribution in [0.4, 0.5) is 0 Å². The van der Waals surface area contributed by atoms with E-state index in [0.717, 1.165) is 0 Å². The molecular formula is C6H12NORe-. The fourth-order valence-electron chi connectivity index (χ4n) is 0.482. The Morgan fingerprint density at radius 1 is 1.44 bits per heavy atom. The summed E-state index contributed by atoms with van der Waals surface area (Å²) in [5.41, 5.74) is 6.58. The summed E-state index contributed by atoms with van der Waals surface area (Å²) in [7, 11) is 0. The zero-order valence-corrected chi connectivity index (χ0v) is 8.71. The van der Waals surface area contributed by atoms with Gasteiger partial charge in [-0.25, -0.2) is 0 Å². The number of amides is 1. The smallest absolute Gasteiger partial charge is 0.0492 e. The van der Waals surface area contributed by atoms with Crippen LogP contribution in [-0.2, 0) is 25.2 Å². The van der Waals surface area contributed by atoms with Gasteiger partial charge in [0.25, 0.3) is 0 Å². The molecule has 2 nitrogen and oxygen atoms in total. The molecule has 0 aliphatic carbocycles. The van der Waals surface area contributed by atoms with Crippen LogP contribution in [0.2, 0.25) is 0 Å². The van der Waals surface area contributed by atoms with Crippen molar-refractivity contribution < 1.29 is 25.2 Å². The van der Waals surface area contributed by atoms with E-state index < -0.39 is 5.91 Å². The number of hydrogen-bond acceptors (Lipinski definition) is 1. The first-order valence-corrected chi connectivity index (χ1v) is 2.66. The molecule has 0 fully saturated rings. The number of hydrogen-bond donors (Lipinski definition) is 0. The van der Waals surface area contributed by atoms with Gasteiger partial charge in [0, 0.05) is 26.3 Å². The van der Waals surface area contributed by atoms with Crippen molar-refractivity contribution in [1.82, 2.24) is 0 Å². The van der Waals surface area contributed by atoms with E-state index in [1.807, 2.05) is 20.8 Å². The molecule has 1 amide bonds. The Kier molecular flexibility index (Phi) is 5.32. The molecule has 3 heteroatoms. The van der Waals surface area contributed by atoms with Crippen molar-refractivity contribution in [3.05, 3.63) is 5.73 Å². The Bertz CT molecular complexity index is 95.7. The van der Waals surface area contributed by atoms with E-state index in [4.69, 9.17) is 5.73 Å². The minimum absolute atomic E-state index is 0. The van der Waals surface area contributed by atoms with Crippen LogP contribution in [0.15, 0.2) is 0 Å². The van der Waals surface area contributed by atoms with E-state index in [-0.39, 0.29) is 25.8 Å². The Morgan fingerprint density at radius 3 is 1.78 bits per heavy atom. The van der Waals surface area contributed by atoms with Crippen LogP contribution in [0, 0.1) is 5.41 Å². The number of carbonyl (C=O) groups excluding carboxylic acids is 1. The molecular weight excluding hydrogens is 288 g/mol. The number of nitrogens with one attached hydrogen (secondary N) is 1. The molecule has 0 aliphatic heterocycles. The SMILES string of the molecule is CC(C)(C)CC([NH-])=O.[Re]. The molecule has 0 aromatic rings. The summed E-state index contributed by atoms with van der Waals surface area (Å²) < 4.78 is 0. The first-order valence-electron chi connectivity index (χ1n) is 2.66. The number of carbonyl (C=O) groups is 1. The minimum Gasteiger partial charge on any atom is -0.668 e. The molecule has 0 aromatic heterocycles. The third-order valence-electron chi connectivity index (χ3n) is 0.691. The molecule has 0 unspecified atom stereocenters. The minimum atomic E-state index is -0.475. The molecule has 9 heavy (non-hydrogen) atoms. The van der Waals surface area contributed by atoms with E-state index in [1.54, 1.807) is 0 Å². The molecule has 1 N–H and O–H groups in total. The van der Waals surface area contributed by atoms with Gasteiger partial charge in [-0.2, -0.15) is 0 Å². The van der Waals surface area contributed by atoms with Gasteiger partial charge in [-0.1, -0.05) is 20.8 Å².